The van der Waals surface area contributed by atoms with Crippen LogP contribution < -0.4 is 10.5 Å². The number of benzene rings is 2. The van der Waals surface area contributed by atoms with Crippen LogP contribution in [0.2, 0.25) is 0 Å². The molecule has 1 aromatic heterocycles. The molecular formula is C18H19N3O2. The van der Waals surface area contributed by atoms with Crippen molar-refractivity contribution in [2.45, 2.75) is 19.4 Å². The van der Waals surface area contributed by atoms with Gasteiger partial charge in [0.1, 0.15) is 18.8 Å². The zero-order valence-corrected chi connectivity index (χ0v) is 12.9. The fourth-order valence-electron chi connectivity index (χ4n) is 2.52. The molecule has 0 radical (unpaired) electrons. The maximum atomic E-state index is 9.58. The Morgan fingerprint density at radius 3 is 2.61 bits per heavy atom. The van der Waals surface area contributed by atoms with Gasteiger partial charge in [-0.1, -0.05) is 24.3 Å². The Balaban J connectivity index is 1.93. The lowest BCUT2D eigenvalue weighted by molar-refractivity contribution is 0.199. The number of rotatable bonds is 5. The van der Waals surface area contributed by atoms with Crippen molar-refractivity contribution >= 4 is 10.9 Å². The molecule has 0 amide bonds. The van der Waals surface area contributed by atoms with Crippen LogP contribution in [-0.2, 0) is 6.42 Å². The SMILES string of the molecule is CC(O)c1ccc(Cc2ncnc3ccc(OCN)cc23)cc1. The summed E-state index contributed by atoms with van der Waals surface area (Å²) in [4.78, 5) is 8.70. The predicted molar refractivity (Wildman–Crippen MR) is 89.1 cm³/mol. The largest absolute Gasteiger partial charge is 0.479 e. The summed E-state index contributed by atoms with van der Waals surface area (Å²) >= 11 is 0. The van der Waals surface area contributed by atoms with Crippen molar-refractivity contribution in [3.63, 3.8) is 0 Å². The van der Waals surface area contributed by atoms with Gasteiger partial charge in [0.15, 0.2) is 0 Å². The number of aliphatic hydroxyl groups is 1. The third-order valence-electron chi connectivity index (χ3n) is 3.77. The van der Waals surface area contributed by atoms with Crippen molar-refractivity contribution in [3.05, 3.63) is 65.6 Å². The molecular weight excluding hydrogens is 290 g/mol. The van der Waals surface area contributed by atoms with Crippen LogP contribution >= 0.6 is 0 Å². The smallest absolute Gasteiger partial charge is 0.137 e. The second-order valence-electron chi connectivity index (χ2n) is 5.40. The maximum Gasteiger partial charge on any atom is 0.137 e. The van der Waals surface area contributed by atoms with Gasteiger partial charge < -0.3 is 9.84 Å². The third kappa shape index (κ3) is 3.47. The standard InChI is InChI=1S/C18H19N3O2/c1-12(22)14-4-2-13(3-5-14)8-18-16-9-15(23-10-19)6-7-17(16)20-11-21-18/h2-7,9,11-12,22H,8,10,19H2,1H3. The van der Waals surface area contributed by atoms with Crippen LogP contribution in [0.3, 0.4) is 0 Å². The molecule has 1 heterocycles. The number of fused-ring (bicyclic) bond motifs is 1. The fourth-order valence-corrected chi connectivity index (χ4v) is 2.52. The van der Waals surface area contributed by atoms with Crippen LogP contribution in [0.4, 0.5) is 0 Å². The Labute approximate surface area is 134 Å². The van der Waals surface area contributed by atoms with E-state index in [1.807, 2.05) is 42.5 Å². The van der Waals surface area contributed by atoms with E-state index < -0.39 is 6.10 Å². The lowest BCUT2D eigenvalue weighted by atomic mass is 10.0. The summed E-state index contributed by atoms with van der Waals surface area (Å²) in [6.07, 6.45) is 1.80. The van der Waals surface area contributed by atoms with Crippen molar-refractivity contribution in [3.8, 4) is 5.75 Å². The van der Waals surface area contributed by atoms with E-state index in [9.17, 15) is 5.11 Å². The zero-order valence-electron chi connectivity index (χ0n) is 12.9. The molecule has 2 aromatic carbocycles. The highest BCUT2D eigenvalue weighted by molar-refractivity contribution is 5.82. The molecule has 5 heteroatoms. The van der Waals surface area contributed by atoms with Crippen LogP contribution in [0.25, 0.3) is 10.9 Å². The Hall–Kier alpha value is -2.50. The molecule has 1 atom stereocenters. The van der Waals surface area contributed by atoms with E-state index in [4.69, 9.17) is 10.5 Å². The second kappa shape index (κ2) is 6.73. The summed E-state index contributed by atoms with van der Waals surface area (Å²) in [7, 11) is 0. The van der Waals surface area contributed by atoms with Gasteiger partial charge in [-0.2, -0.15) is 0 Å². The van der Waals surface area contributed by atoms with Crippen molar-refractivity contribution in [1.29, 1.82) is 0 Å². The van der Waals surface area contributed by atoms with Crippen molar-refractivity contribution in [1.82, 2.24) is 9.97 Å². The van der Waals surface area contributed by atoms with E-state index in [1.165, 1.54) is 0 Å². The van der Waals surface area contributed by atoms with E-state index in [-0.39, 0.29) is 6.73 Å². The molecule has 3 rings (SSSR count). The van der Waals surface area contributed by atoms with E-state index >= 15 is 0 Å². The number of hydrogen-bond acceptors (Lipinski definition) is 5. The van der Waals surface area contributed by atoms with Crippen molar-refractivity contribution < 1.29 is 9.84 Å². The van der Waals surface area contributed by atoms with Crippen LogP contribution in [-0.4, -0.2) is 21.8 Å². The first kappa shape index (κ1) is 15.4. The van der Waals surface area contributed by atoms with Gasteiger partial charge in [-0.25, -0.2) is 9.97 Å². The molecule has 0 saturated heterocycles. The minimum absolute atomic E-state index is 0.134. The fraction of sp³-hybridized carbons (Fsp3) is 0.222. The minimum Gasteiger partial charge on any atom is -0.479 e. The lowest BCUT2D eigenvalue weighted by Crippen LogP contribution is -2.07. The average molecular weight is 309 g/mol. The number of aromatic nitrogens is 2. The Morgan fingerprint density at radius 1 is 1.13 bits per heavy atom. The first-order chi connectivity index (χ1) is 11.2. The molecule has 3 aromatic rings. The van der Waals surface area contributed by atoms with Crippen LogP contribution in [0.1, 0.15) is 29.8 Å². The van der Waals surface area contributed by atoms with E-state index in [1.54, 1.807) is 13.3 Å². The van der Waals surface area contributed by atoms with Gasteiger partial charge >= 0.3 is 0 Å². The van der Waals surface area contributed by atoms with Gasteiger partial charge in [-0.3, -0.25) is 5.73 Å². The van der Waals surface area contributed by atoms with Gasteiger partial charge in [0.2, 0.25) is 0 Å². The van der Waals surface area contributed by atoms with Crippen LogP contribution in [0.5, 0.6) is 5.75 Å². The minimum atomic E-state index is -0.458. The molecule has 0 fully saturated rings. The first-order valence-electron chi connectivity index (χ1n) is 7.51. The Bertz CT molecular complexity index is 801. The van der Waals surface area contributed by atoms with Gasteiger partial charge in [-0.15, -0.1) is 0 Å². The first-order valence-corrected chi connectivity index (χ1v) is 7.51. The number of aliphatic hydroxyl groups excluding tert-OH is 1. The Kier molecular flexibility index (Phi) is 4.50. The summed E-state index contributed by atoms with van der Waals surface area (Å²) < 4.78 is 5.36. The number of nitrogens with zero attached hydrogens (tertiary/aromatic N) is 2. The average Bonchev–Trinajstić information content (AvgIpc) is 2.56. The van der Waals surface area contributed by atoms with Crippen LogP contribution in [0, 0.1) is 0 Å². The summed E-state index contributed by atoms with van der Waals surface area (Å²) in [5.74, 6) is 0.709. The zero-order chi connectivity index (χ0) is 16.2. The Morgan fingerprint density at radius 2 is 1.91 bits per heavy atom. The topological polar surface area (TPSA) is 81.3 Å². The molecule has 0 spiro atoms. The number of hydrogen-bond donors (Lipinski definition) is 2. The molecule has 0 aliphatic carbocycles. The van der Waals surface area contributed by atoms with Gasteiger partial charge in [0.05, 0.1) is 17.3 Å². The van der Waals surface area contributed by atoms with E-state index in [0.29, 0.717) is 12.2 Å². The molecule has 0 saturated carbocycles. The summed E-state index contributed by atoms with van der Waals surface area (Å²) in [5, 5.41) is 10.5. The normalized spacial score (nSPS) is 12.3. The van der Waals surface area contributed by atoms with E-state index in [0.717, 1.165) is 27.7 Å². The second-order valence-corrected chi connectivity index (χ2v) is 5.40. The third-order valence-corrected chi connectivity index (χ3v) is 3.77. The molecule has 0 aliphatic rings. The molecule has 1 unspecified atom stereocenters. The maximum absolute atomic E-state index is 9.58. The quantitative estimate of drug-likeness (QED) is 0.708. The van der Waals surface area contributed by atoms with Gasteiger partial charge in [-0.05, 0) is 36.2 Å². The molecule has 23 heavy (non-hydrogen) atoms. The number of ether oxygens (including phenoxy) is 1. The highest BCUT2D eigenvalue weighted by Crippen LogP contribution is 2.23. The highest BCUT2D eigenvalue weighted by Gasteiger charge is 2.07. The van der Waals surface area contributed by atoms with Crippen LogP contribution in [0.15, 0.2) is 48.8 Å². The summed E-state index contributed by atoms with van der Waals surface area (Å²) in [5.41, 5.74) is 9.27. The highest BCUT2D eigenvalue weighted by atomic mass is 16.5. The van der Waals surface area contributed by atoms with Crippen molar-refractivity contribution in [2.24, 2.45) is 5.73 Å². The van der Waals surface area contributed by atoms with Gasteiger partial charge in [0.25, 0.3) is 0 Å². The van der Waals surface area contributed by atoms with Gasteiger partial charge in [0, 0.05) is 11.8 Å². The van der Waals surface area contributed by atoms with Crippen molar-refractivity contribution in [2.75, 3.05) is 6.73 Å². The molecule has 0 aliphatic heterocycles. The summed E-state index contributed by atoms with van der Waals surface area (Å²) in [6, 6.07) is 13.6. The molecule has 118 valence electrons. The van der Waals surface area contributed by atoms with E-state index in [2.05, 4.69) is 9.97 Å². The lowest BCUT2D eigenvalue weighted by Gasteiger charge is -2.09. The number of nitrogens with two attached hydrogens (primary N) is 1. The monoisotopic (exact) mass is 309 g/mol. The molecule has 3 N–H and O–H groups in total. The predicted octanol–water partition coefficient (Wildman–Crippen LogP) is 2.57. The molecule has 5 nitrogen and oxygen atoms in total. The summed E-state index contributed by atoms with van der Waals surface area (Å²) in [6.45, 7) is 1.89. The molecule has 0 bridgehead atoms.